The van der Waals surface area contributed by atoms with Crippen LogP contribution in [0.3, 0.4) is 0 Å². The normalized spacial score (nSPS) is 12.1. The fourth-order valence-corrected chi connectivity index (χ4v) is 1.29. The molecule has 0 saturated carbocycles. The minimum Gasteiger partial charge on any atom is -0.480 e. The van der Waals surface area contributed by atoms with E-state index in [4.69, 9.17) is 9.63 Å². The zero-order valence-electron chi connectivity index (χ0n) is 10.7. The van der Waals surface area contributed by atoms with Gasteiger partial charge < -0.3 is 9.63 Å². The molecule has 0 aliphatic carbocycles. The number of hydrogen-bond donors (Lipinski definition) is 1. The van der Waals surface area contributed by atoms with Gasteiger partial charge >= 0.3 is 5.97 Å². The molecular weight excluding hydrogens is 222 g/mol. The van der Waals surface area contributed by atoms with Crippen LogP contribution in [0.2, 0.25) is 0 Å². The minimum absolute atomic E-state index is 0.0241. The third kappa shape index (κ3) is 4.14. The first-order valence-electron chi connectivity index (χ1n) is 5.60. The Kier molecular flexibility index (Phi) is 4.22. The molecule has 1 aromatic rings. The quantitative estimate of drug-likeness (QED) is 0.836. The number of carbonyl (C=O) groups is 1. The standard InChI is InChI=1S/C11H19N3O3/c1-5-14(7-9(15)16)6-8-12-10(13-17-8)11(2,3)4/h5-7H2,1-4H3,(H,15,16). The minimum atomic E-state index is -0.859. The van der Waals surface area contributed by atoms with Gasteiger partial charge in [0, 0.05) is 5.41 Å². The molecule has 1 aromatic heterocycles. The highest BCUT2D eigenvalue weighted by atomic mass is 16.5. The summed E-state index contributed by atoms with van der Waals surface area (Å²) in [5, 5.41) is 12.6. The highest BCUT2D eigenvalue weighted by molar-refractivity contribution is 5.69. The summed E-state index contributed by atoms with van der Waals surface area (Å²) in [6.45, 7) is 8.85. The van der Waals surface area contributed by atoms with Gasteiger partial charge in [0.05, 0.1) is 13.1 Å². The Morgan fingerprint density at radius 3 is 2.53 bits per heavy atom. The third-order valence-corrected chi connectivity index (χ3v) is 2.30. The van der Waals surface area contributed by atoms with Crippen LogP contribution in [0.4, 0.5) is 0 Å². The maximum atomic E-state index is 10.6. The lowest BCUT2D eigenvalue weighted by Gasteiger charge is -2.15. The second-order valence-electron chi connectivity index (χ2n) is 4.96. The number of nitrogens with zero attached hydrogens (tertiary/aromatic N) is 3. The predicted octanol–water partition coefficient (Wildman–Crippen LogP) is 1.27. The van der Waals surface area contributed by atoms with Gasteiger partial charge in [-0.15, -0.1) is 0 Å². The molecule has 0 saturated heterocycles. The van der Waals surface area contributed by atoms with Crippen LogP contribution >= 0.6 is 0 Å². The van der Waals surface area contributed by atoms with Crippen molar-refractivity contribution in [1.29, 1.82) is 0 Å². The maximum Gasteiger partial charge on any atom is 0.317 e. The molecule has 0 aliphatic rings. The van der Waals surface area contributed by atoms with Crippen molar-refractivity contribution < 1.29 is 14.4 Å². The van der Waals surface area contributed by atoms with E-state index in [9.17, 15) is 4.79 Å². The number of likely N-dealkylation sites (N-methyl/N-ethyl adjacent to an activating group) is 1. The number of aromatic nitrogens is 2. The van der Waals surface area contributed by atoms with E-state index >= 15 is 0 Å². The fourth-order valence-electron chi connectivity index (χ4n) is 1.29. The zero-order valence-corrected chi connectivity index (χ0v) is 10.7. The molecule has 0 aromatic carbocycles. The van der Waals surface area contributed by atoms with Crippen LogP contribution < -0.4 is 0 Å². The molecule has 1 heterocycles. The van der Waals surface area contributed by atoms with Crippen molar-refractivity contribution in [1.82, 2.24) is 15.0 Å². The largest absolute Gasteiger partial charge is 0.480 e. The van der Waals surface area contributed by atoms with Gasteiger partial charge in [0.15, 0.2) is 5.82 Å². The highest BCUT2D eigenvalue weighted by Crippen LogP contribution is 2.18. The van der Waals surface area contributed by atoms with E-state index in [0.29, 0.717) is 24.8 Å². The Hall–Kier alpha value is -1.43. The third-order valence-electron chi connectivity index (χ3n) is 2.30. The summed E-state index contributed by atoms with van der Waals surface area (Å²) in [7, 11) is 0. The van der Waals surface area contributed by atoms with Gasteiger partial charge in [-0.25, -0.2) is 0 Å². The molecule has 0 radical (unpaired) electrons. The van der Waals surface area contributed by atoms with E-state index in [-0.39, 0.29) is 12.0 Å². The van der Waals surface area contributed by atoms with Gasteiger partial charge in [-0.1, -0.05) is 32.9 Å². The molecule has 6 heteroatoms. The van der Waals surface area contributed by atoms with Crippen molar-refractivity contribution >= 4 is 5.97 Å². The van der Waals surface area contributed by atoms with E-state index in [1.807, 2.05) is 27.7 Å². The van der Waals surface area contributed by atoms with E-state index in [1.165, 1.54) is 0 Å². The van der Waals surface area contributed by atoms with Gasteiger partial charge in [-0.2, -0.15) is 4.98 Å². The zero-order chi connectivity index (χ0) is 13.1. The summed E-state index contributed by atoms with van der Waals surface area (Å²) in [5.41, 5.74) is -0.161. The molecule has 0 bridgehead atoms. The average Bonchev–Trinajstić information content (AvgIpc) is 2.63. The van der Waals surface area contributed by atoms with E-state index in [2.05, 4.69) is 10.1 Å². The van der Waals surface area contributed by atoms with Crippen LogP contribution in [-0.2, 0) is 16.8 Å². The molecule has 0 aliphatic heterocycles. The van der Waals surface area contributed by atoms with Crippen LogP contribution in [0, 0.1) is 0 Å². The summed E-state index contributed by atoms with van der Waals surface area (Å²) in [5.74, 6) is 0.235. The molecule has 0 amide bonds. The second-order valence-corrected chi connectivity index (χ2v) is 4.96. The maximum absolute atomic E-state index is 10.6. The lowest BCUT2D eigenvalue weighted by atomic mass is 9.96. The summed E-state index contributed by atoms with van der Waals surface area (Å²) >= 11 is 0. The first kappa shape index (κ1) is 13.6. The van der Waals surface area contributed by atoms with Crippen LogP contribution in [-0.4, -0.2) is 39.2 Å². The van der Waals surface area contributed by atoms with Gasteiger partial charge in [0.1, 0.15) is 0 Å². The van der Waals surface area contributed by atoms with Gasteiger partial charge in [-0.3, -0.25) is 9.69 Å². The Bertz CT molecular complexity index is 382. The van der Waals surface area contributed by atoms with E-state index < -0.39 is 5.97 Å². The van der Waals surface area contributed by atoms with Crippen molar-refractivity contribution in [3.63, 3.8) is 0 Å². The Labute approximate surface area is 101 Å². The lowest BCUT2D eigenvalue weighted by Crippen LogP contribution is -2.29. The van der Waals surface area contributed by atoms with Crippen molar-refractivity contribution in [2.24, 2.45) is 0 Å². The number of rotatable bonds is 5. The average molecular weight is 241 g/mol. The molecule has 0 spiro atoms. The molecule has 17 heavy (non-hydrogen) atoms. The molecule has 0 fully saturated rings. The monoisotopic (exact) mass is 241 g/mol. The number of hydrogen-bond acceptors (Lipinski definition) is 5. The molecule has 1 rings (SSSR count). The van der Waals surface area contributed by atoms with Gasteiger partial charge in [0.2, 0.25) is 5.89 Å². The smallest absolute Gasteiger partial charge is 0.317 e. The topological polar surface area (TPSA) is 79.5 Å². The first-order chi connectivity index (χ1) is 7.82. The van der Waals surface area contributed by atoms with Crippen LogP contribution in [0.25, 0.3) is 0 Å². The summed E-state index contributed by atoms with van der Waals surface area (Å²) < 4.78 is 5.11. The summed E-state index contributed by atoms with van der Waals surface area (Å²) in [6.07, 6.45) is 0. The first-order valence-corrected chi connectivity index (χ1v) is 5.60. The Balaban J connectivity index is 2.68. The SMILES string of the molecule is CCN(CC(=O)O)Cc1nc(C(C)(C)C)no1. The second kappa shape index (κ2) is 5.27. The molecule has 0 atom stereocenters. The van der Waals surface area contributed by atoms with Gasteiger partial charge in [0.25, 0.3) is 0 Å². The van der Waals surface area contributed by atoms with E-state index in [0.717, 1.165) is 0 Å². The molecule has 1 N–H and O–H groups in total. The van der Waals surface area contributed by atoms with Crippen LogP contribution in [0.5, 0.6) is 0 Å². The fraction of sp³-hybridized carbons (Fsp3) is 0.727. The van der Waals surface area contributed by atoms with Gasteiger partial charge in [-0.05, 0) is 6.54 Å². The van der Waals surface area contributed by atoms with Crippen LogP contribution in [0.1, 0.15) is 39.4 Å². The Morgan fingerprint density at radius 1 is 1.47 bits per heavy atom. The van der Waals surface area contributed by atoms with Crippen molar-refractivity contribution in [2.75, 3.05) is 13.1 Å². The molecule has 6 nitrogen and oxygen atoms in total. The van der Waals surface area contributed by atoms with E-state index in [1.54, 1.807) is 4.90 Å². The highest BCUT2D eigenvalue weighted by Gasteiger charge is 2.21. The summed E-state index contributed by atoms with van der Waals surface area (Å²) in [6, 6.07) is 0. The molecule has 0 unspecified atom stereocenters. The number of carboxylic acids is 1. The number of carboxylic acid groups (broad SMARTS) is 1. The molecular formula is C11H19N3O3. The van der Waals surface area contributed by atoms with Crippen molar-refractivity contribution in [3.05, 3.63) is 11.7 Å². The molecule has 96 valence electrons. The van der Waals surface area contributed by atoms with Crippen molar-refractivity contribution in [2.45, 2.75) is 39.7 Å². The Morgan fingerprint density at radius 2 is 2.12 bits per heavy atom. The van der Waals surface area contributed by atoms with Crippen LogP contribution in [0.15, 0.2) is 4.52 Å². The predicted molar refractivity (Wildman–Crippen MR) is 61.6 cm³/mol. The van der Waals surface area contributed by atoms with Crippen molar-refractivity contribution in [3.8, 4) is 0 Å². The number of aliphatic carboxylic acids is 1. The summed E-state index contributed by atoms with van der Waals surface area (Å²) in [4.78, 5) is 16.6. The lowest BCUT2D eigenvalue weighted by molar-refractivity contribution is -0.138.